The summed E-state index contributed by atoms with van der Waals surface area (Å²) < 4.78 is 10.8. The van der Waals surface area contributed by atoms with Gasteiger partial charge >= 0.3 is 0 Å². The summed E-state index contributed by atoms with van der Waals surface area (Å²) in [6, 6.07) is 13.1. The van der Waals surface area contributed by atoms with Crippen molar-refractivity contribution >= 4 is 29.9 Å². The first-order chi connectivity index (χ1) is 12.2. The van der Waals surface area contributed by atoms with E-state index in [-0.39, 0.29) is 36.5 Å². The highest BCUT2D eigenvalue weighted by molar-refractivity contribution is 14.0. The largest absolute Gasteiger partial charge is 0.508 e. The molecule has 0 aromatic heterocycles. The average Bonchev–Trinajstić information content (AvgIpc) is 3.07. The SMILES string of the molecule is CCNC(=NCc1ccc(O)cc1)N(C)Cc1ccc2c(c1)OCO2.I. The molecule has 1 heterocycles. The topological polar surface area (TPSA) is 66.3 Å². The number of aliphatic imine (C=N–C) groups is 1. The predicted octanol–water partition coefficient (Wildman–Crippen LogP) is 3.34. The highest BCUT2D eigenvalue weighted by atomic mass is 127. The lowest BCUT2D eigenvalue weighted by Gasteiger charge is -2.22. The number of aromatic hydroxyl groups is 1. The Kier molecular flexibility index (Phi) is 7.38. The van der Waals surface area contributed by atoms with Gasteiger partial charge in [-0.1, -0.05) is 18.2 Å². The Labute approximate surface area is 170 Å². The van der Waals surface area contributed by atoms with Crippen molar-refractivity contribution in [2.75, 3.05) is 20.4 Å². The molecule has 6 nitrogen and oxygen atoms in total. The van der Waals surface area contributed by atoms with Crippen molar-refractivity contribution in [1.82, 2.24) is 10.2 Å². The molecule has 2 aromatic carbocycles. The Hall–Kier alpha value is -2.16. The molecule has 0 unspecified atom stereocenters. The van der Waals surface area contributed by atoms with Crippen LogP contribution < -0.4 is 14.8 Å². The summed E-state index contributed by atoms with van der Waals surface area (Å²) in [7, 11) is 2.00. The number of guanidine groups is 1. The van der Waals surface area contributed by atoms with Crippen LogP contribution in [0.2, 0.25) is 0 Å². The summed E-state index contributed by atoms with van der Waals surface area (Å²) in [5, 5.41) is 12.7. The summed E-state index contributed by atoms with van der Waals surface area (Å²) in [6.07, 6.45) is 0. The molecular formula is C19H24IN3O3. The zero-order valence-corrected chi connectivity index (χ0v) is 17.3. The van der Waals surface area contributed by atoms with Gasteiger partial charge in [0.1, 0.15) is 5.75 Å². The Bertz CT molecular complexity index is 750. The lowest BCUT2D eigenvalue weighted by Crippen LogP contribution is -2.38. The van der Waals surface area contributed by atoms with Gasteiger partial charge in [-0.3, -0.25) is 0 Å². The molecule has 0 saturated heterocycles. The van der Waals surface area contributed by atoms with Crippen molar-refractivity contribution in [2.45, 2.75) is 20.0 Å². The molecule has 0 spiro atoms. The first kappa shape index (κ1) is 20.2. The number of fused-ring (bicyclic) bond motifs is 1. The van der Waals surface area contributed by atoms with Crippen molar-refractivity contribution in [3.05, 3.63) is 53.6 Å². The van der Waals surface area contributed by atoms with E-state index in [1.807, 2.05) is 44.3 Å². The van der Waals surface area contributed by atoms with E-state index < -0.39 is 0 Å². The van der Waals surface area contributed by atoms with E-state index in [2.05, 4.69) is 15.2 Å². The van der Waals surface area contributed by atoms with Crippen LogP contribution in [0.4, 0.5) is 0 Å². The van der Waals surface area contributed by atoms with Gasteiger partial charge in [0.05, 0.1) is 6.54 Å². The Balaban J connectivity index is 0.00000243. The number of ether oxygens (including phenoxy) is 2. The molecule has 0 fully saturated rings. The van der Waals surface area contributed by atoms with Gasteiger partial charge in [-0.2, -0.15) is 0 Å². The Morgan fingerprint density at radius 2 is 1.81 bits per heavy atom. The van der Waals surface area contributed by atoms with Gasteiger partial charge in [0, 0.05) is 20.1 Å². The van der Waals surface area contributed by atoms with E-state index in [0.29, 0.717) is 13.1 Å². The molecule has 26 heavy (non-hydrogen) atoms. The minimum Gasteiger partial charge on any atom is -0.508 e. The maximum atomic E-state index is 9.36. The molecule has 7 heteroatoms. The van der Waals surface area contributed by atoms with Crippen molar-refractivity contribution in [1.29, 1.82) is 0 Å². The lowest BCUT2D eigenvalue weighted by atomic mass is 10.2. The molecule has 0 bridgehead atoms. The third-order valence-electron chi connectivity index (χ3n) is 3.90. The monoisotopic (exact) mass is 469 g/mol. The Morgan fingerprint density at radius 3 is 2.54 bits per heavy atom. The quantitative estimate of drug-likeness (QED) is 0.400. The number of hydrogen-bond donors (Lipinski definition) is 2. The summed E-state index contributed by atoms with van der Waals surface area (Å²) in [4.78, 5) is 6.75. The first-order valence-corrected chi connectivity index (χ1v) is 8.31. The van der Waals surface area contributed by atoms with Gasteiger partial charge < -0.3 is 24.8 Å². The molecule has 0 aliphatic carbocycles. The second-order valence-corrected chi connectivity index (χ2v) is 5.88. The van der Waals surface area contributed by atoms with E-state index in [9.17, 15) is 5.11 Å². The average molecular weight is 469 g/mol. The number of phenols is 1. The van der Waals surface area contributed by atoms with Gasteiger partial charge in [-0.15, -0.1) is 24.0 Å². The number of rotatable bonds is 5. The zero-order valence-electron chi connectivity index (χ0n) is 14.9. The number of nitrogens with one attached hydrogen (secondary N) is 1. The first-order valence-electron chi connectivity index (χ1n) is 8.31. The molecule has 0 saturated carbocycles. The standard InChI is InChI=1S/C19H23N3O3.HI/c1-3-20-19(21-11-14-4-7-16(23)8-5-14)22(2)12-15-6-9-17-18(10-15)25-13-24-17;/h4-10,23H,3,11-13H2,1-2H3,(H,20,21);1H. The molecule has 2 N–H and O–H groups in total. The third kappa shape index (κ3) is 5.17. The fourth-order valence-corrected chi connectivity index (χ4v) is 2.63. The summed E-state index contributed by atoms with van der Waals surface area (Å²) in [5.41, 5.74) is 2.17. The summed E-state index contributed by atoms with van der Waals surface area (Å²) >= 11 is 0. The number of hydrogen-bond acceptors (Lipinski definition) is 4. The van der Waals surface area contributed by atoms with Crippen LogP contribution in [0, 0.1) is 0 Å². The third-order valence-corrected chi connectivity index (χ3v) is 3.90. The maximum absolute atomic E-state index is 9.36. The van der Waals surface area contributed by atoms with Gasteiger partial charge in [0.15, 0.2) is 17.5 Å². The minimum atomic E-state index is 0. The van der Waals surface area contributed by atoms with Crippen LogP contribution in [-0.2, 0) is 13.1 Å². The summed E-state index contributed by atoms with van der Waals surface area (Å²) in [6.45, 7) is 4.38. The molecule has 0 amide bonds. The van der Waals surface area contributed by atoms with Crippen LogP contribution >= 0.6 is 24.0 Å². The number of phenolic OH excluding ortho intramolecular Hbond substituents is 1. The van der Waals surface area contributed by atoms with Gasteiger partial charge in [0.2, 0.25) is 6.79 Å². The number of halogens is 1. The fraction of sp³-hybridized carbons (Fsp3) is 0.316. The molecule has 3 rings (SSSR count). The van der Waals surface area contributed by atoms with Crippen LogP contribution in [0.15, 0.2) is 47.5 Å². The van der Waals surface area contributed by atoms with E-state index in [0.717, 1.165) is 35.1 Å². The zero-order chi connectivity index (χ0) is 17.6. The van der Waals surface area contributed by atoms with E-state index in [4.69, 9.17) is 9.47 Å². The van der Waals surface area contributed by atoms with Crippen molar-refractivity contribution in [3.63, 3.8) is 0 Å². The number of nitrogens with zero attached hydrogens (tertiary/aromatic N) is 2. The highest BCUT2D eigenvalue weighted by Crippen LogP contribution is 2.32. The van der Waals surface area contributed by atoms with Crippen LogP contribution in [0.3, 0.4) is 0 Å². The number of benzene rings is 2. The van der Waals surface area contributed by atoms with Crippen LogP contribution in [0.1, 0.15) is 18.1 Å². The maximum Gasteiger partial charge on any atom is 0.231 e. The van der Waals surface area contributed by atoms with Crippen molar-refractivity contribution < 1.29 is 14.6 Å². The second-order valence-electron chi connectivity index (χ2n) is 5.88. The molecule has 0 atom stereocenters. The van der Waals surface area contributed by atoms with Gasteiger partial charge in [-0.05, 0) is 42.3 Å². The van der Waals surface area contributed by atoms with E-state index in [1.165, 1.54) is 0 Å². The lowest BCUT2D eigenvalue weighted by molar-refractivity contribution is 0.174. The molecule has 1 aliphatic heterocycles. The van der Waals surface area contributed by atoms with Crippen molar-refractivity contribution in [3.8, 4) is 17.2 Å². The van der Waals surface area contributed by atoms with Gasteiger partial charge in [-0.25, -0.2) is 4.99 Å². The normalized spacial score (nSPS) is 12.5. The molecule has 1 aliphatic rings. The summed E-state index contributed by atoms with van der Waals surface area (Å²) in [5.74, 6) is 2.67. The van der Waals surface area contributed by atoms with Crippen molar-refractivity contribution in [2.24, 2.45) is 4.99 Å². The molecule has 140 valence electrons. The second kappa shape index (κ2) is 9.51. The highest BCUT2D eigenvalue weighted by Gasteiger charge is 2.14. The predicted molar refractivity (Wildman–Crippen MR) is 112 cm³/mol. The van der Waals surface area contributed by atoms with Crippen LogP contribution in [0.5, 0.6) is 17.2 Å². The van der Waals surface area contributed by atoms with E-state index >= 15 is 0 Å². The molecule has 2 aromatic rings. The van der Waals surface area contributed by atoms with Crippen LogP contribution in [-0.4, -0.2) is 36.4 Å². The fourth-order valence-electron chi connectivity index (χ4n) is 2.63. The minimum absolute atomic E-state index is 0. The molecule has 0 radical (unpaired) electrons. The Morgan fingerprint density at radius 1 is 1.12 bits per heavy atom. The molecular weight excluding hydrogens is 445 g/mol. The smallest absolute Gasteiger partial charge is 0.231 e. The van der Waals surface area contributed by atoms with Gasteiger partial charge in [0.25, 0.3) is 0 Å². The van der Waals surface area contributed by atoms with E-state index in [1.54, 1.807) is 12.1 Å². The van der Waals surface area contributed by atoms with Crippen LogP contribution in [0.25, 0.3) is 0 Å².